The predicted octanol–water partition coefficient (Wildman–Crippen LogP) is 4.29. The zero-order valence-corrected chi connectivity index (χ0v) is 15.4. The van der Waals surface area contributed by atoms with E-state index < -0.39 is 23.2 Å². The first-order chi connectivity index (χ1) is 12.7. The molecule has 0 aliphatic rings. The lowest BCUT2D eigenvalue weighted by molar-refractivity contribution is -0.116. The van der Waals surface area contributed by atoms with E-state index >= 15 is 0 Å². The molecular weight excluding hydrogens is 401 g/mol. The Morgan fingerprint density at radius 1 is 1.30 bits per heavy atom. The Morgan fingerprint density at radius 2 is 2.00 bits per heavy atom. The zero-order chi connectivity index (χ0) is 19.9. The summed E-state index contributed by atoms with van der Waals surface area (Å²) in [4.78, 5) is 27.3. The van der Waals surface area contributed by atoms with Crippen LogP contribution in [0, 0.1) is 18.6 Å². The molecule has 0 aliphatic carbocycles. The number of carboxylic acid groups (broad SMARTS) is 1. The molecule has 2 aromatic heterocycles. The number of halogens is 4. The van der Waals surface area contributed by atoms with Crippen LogP contribution < -0.4 is 0 Å². The number of ketones is 1. The van der Waals surface area contributed by atoms with Gasteiger partial charge in [-0.3, -0.25) is 4.79 Å². The van der Waals surface area contributed by atoms with Gasteiger partial charge in [-0.05, 0) is 24.6 Å². The number of aromatic carboxylic acids is 1. The van der Waals surface area contributed by atoms with Crippen LogP contribution in [0.25, 0.3) is 16.9 Å². The molecule has 0 saturated heterocycles. The van der Waals surface area contributed by atoms with E-state index in [2.05, 4.69) is 4.98 Å². The first-order valence-electron chi connectivity index (χ1n) is 7.71. The molecule has 140 valence electrons. The van der Waals surface area contributed by atoms with Crippen LogP contribution in [0.2, 0.25) is 5.02 Å². The van der Waals surface area contributed by atoms with Crippen LogP contribution in [-0.2, 0) is 11.2 Å². The fraction of sp³-hybridized carbons (Fsp3) is 0.167. The zero-order valence-electron chi connectivity index (χ0n) is 13.9. The van der Waals surface area contributed by atoms with E-state index in [1.807, 2.05) is 0 Å². The number of aromatic nitrogens is 2. The highest BCUT2D eigenvalue weighted by molar-refractivity contribution is 6.30. The fourth-order valence-electron chi connectivity index (χ4n) is 2.87. The highest BCUT2D eigenvalue weighted by Crippen LogP contribution is 2.33. The molecule has 0 unspecified atom stereocenters. The second-order valence-corrected chi connectivity index (χ2v) is 6.56. The molecule has 2 heterocycles. The van der Waals surface area contributed by atoms with Gasteiger partial charge in [-0.25, -0.2) is 18.6 Å². The third-order valence-electron chi connectivity index (χ3n) is 4.12. The normalized spacial score (nSPS) is 11.1. The molecule has 0 saturated carbocycles. The Morgan fingerprint density at radius 3 is 2.63 bits per heavy atom. The third kappa shape index (κ3) is 3.40. The van der Waals surface area contributed by atoms with E-state index in [1.54, 1.807) is 12.3 Å². The van der Waals surface area contributed by atoms with Gasteiger partial charge in [0.05, 0.1) is 29.3 Å². The molecule has 0 aliphatic heterocycles. The van der Waals surface area contributed by atoms with E-state index in [1.165, 1.54) is 17.4 Å². The average molecular weight is 413 g/mol. The number of fused-ring (bicyclic) bond motifs is 1. The van der Waals surface area contributed by atoms with Crippen LogP contribution in [0.4, 0.5) is 8.78 Å². The van der Waals surface area contributed by atoms with Gasteiger partial charge in [0.25, 0.3) is 0 Å². The average Bonchev–Trinajstić information content (AvgIpc) is 2.95. The number of carbonyl (C=O) groups is 2. The quantitative estimate of drug-likeness (QED) is 0.634. The highest BCUT2D eigenvalue weighted by Gasteiger charge is 2.25. The van der Waals surface area contributed by atoms with Crippen molar-refractivity contribution in [3.8, 4) is 11.3 Å². The summed E-state index contributed by atoms with van der Waals surface area (Å²) in [6.07, 6.45) is 1.39. The summed E-state index contributed by atoms with van der Waals surface area (Å²) in [5.41, 5.74) is -0.551. The number of carbonyl (C=O) groups excluding carboxylic acids is 1. The van der Waals surface area contributed by atoms with Crippen LogP contribution in [0.3, 0.4) is 0 Å². The van der Waals surface area contributed by atoms with Crippen molar-refractivity contribution in [3.05, 3.63) is 57.9 Å². The van der Waals surface area contributed by atoms with Crippen molar-refractivity contribution < 1.29 is 23.5 Å². The largest absolute Gasteiger partial charge is 0.478 e. The molecule has 1 aromatic carbocycles. The number of pyridine rings is 1. The Bertz CT molecular complexity index is 1100. The minimum Gasteiger partial charge on any atom is -0.478 e. The van der Waals surface area contributed by atoms with Crippen molar-refractivity contribution in [3.63, 3.8) is 0 Å². The molecule has 27 heavy (non-hydrogen) atoms. The lowest BCUT2D eigenvalue weighted by Gasteiger charge is -2.11. The van der Waals surface area contributed by atoms with Crippen molar-refractivity contribution in [1.29, 1.82) is 0 Å². The standard InChI is InChI=1S/C18H12Cl2F2N2O3/c1-8-15(12(21)6-11(16(8)22)18(26)27)17-13(5-10(25)7-19)24-3-2-9(20)4-14(24)23-17/h2-4,6H,5,7H2,1H3,(H,26,27). The fourth-order valence-corrected chi connectivity index (χ4v) is 3.12. The summed E-state index contributed by atoms with van der Waals surface area (Å²) in [6, 6.07) is 3.67. The predicted molar refractivity (Wildman–Crippen MR) is 96.7 cm³/mol. The number of carboxylic acids is 1. The Balaban J connectivity index is 2.34. The van der Waals surface area contributed by atoms with Gasteiger partial charge in [-0.15, -0.1) is 11.6 Å². The molecule has 3 rings (SSSR count). The maximum absolute atomic E-state index is 14.7. The molecule has 0 fully saturated rings. The lowest BCUT2D eigenvalue weighted by Crippen LogP contribution is -2.09. The number of alkyl halides is 1. The second kappa shape index (κ2) is 7.25. The second-order valence-electron chi connectivity index (χ2n) is 5.85. The van der Waals surface area contributed by atoms with Crippen molar-refractivity contribution in [2.75, 3.05) is 5.88 Å². The Labute approximate surface area is 162 Å². The maximum Gasteiger partial charge on any atom is 0.338 e. The van der Waals surface area contributed by atoms with Crippen LogP contribution >= 0.6 is 23.2 Å². The van der Waals surface area contributed by atoms with Gasteiger partial charge in [0.15, 0.2) is 5.78 Å². The van der Waals surface area contributed by atoms with Gasteiger partial charge < -0.3 is 9.51 Å². The van der Waals surface area contributed by atoms with E-state index in [4.69, 9.17) is 28.3 Å². The van der Waals surface area contributed by atoms with Crippen LogP contribution in [0.5, 0.6) is 0 Å². The summed E-state index contributed by atoms with van der Waals surface area (Å²) in [7, 11) is 0. The van der Waals surface area contributed by atoms with Gasteiger partial charge >= 0.3 is 5.97 Å². The maximum atomic E-state index is 14.7. The van der Waals surface area contributed by atoms with Crippen LogP contribution in [0.15, 0.2) is 24.4 Å². The van der Waals surface area contributed by atoms with E-state index in [-0.39, 0.29) is 34.9 Å². The lowest BCUT2D eigenvalue weighted by atomic mass is 9.98. The van der Waals surface area contributed by atoms with Crippen molar-refractivity contribution in [2.24, 2.45) is 0 Å². The van der Waals surface area contributed by atoms with E-state index in [0.29, 0.717) is 22.4 Å². The monoisotopic (exact) mass is 412 g/mol. The Kier molecular flexibility index (Phi) is 5.17. The summed E-state index contributed by atoms with van der Waals surface area (Å²) in [5, 5.41) is 9.40. The first-order valence-corrected chi connectivity index (χ1v) is 8.62. The molecule has 0 atom stereocenters. The highest BCUT2D eigenvalue weighted by atomic mass is 35.5. The van der Waals surface area contributed by atoms with Gasteiger partial charge in [-0.1, -0.05) is 11.6 Å². The van der Waals surface area contributed by atoms with Crippen LogP contribution in [0.1, 0.15) is 21.6 Å². The number of hydrogen-bond donors (Lipinski definition) is 1. The molecule has 1 N–H and O–H groups in total. The summed E-state index contributed by atoms with van der Waals surface area (Å²) in [6.45, 7) is 1.25. The van der Waals surface area contributed by atoms with Gasteiger partial charge in [0.1, 0.15) is 17.3 Å². The number of hydrogen-bond acceptors (Lipinski definition) is 3. The molecule has 3 aromatic rings. The van der Waals surface area contributed by atoms with Crippen molar-refractivity contribution in [2.45, 2.75) is 13.3 Å². The van der Waals surface area contributed by atoms with Crippen molar-refractivity contribution in [1.82, 2.24) is 9.38 Å². The topological polar surface area (TPSA) is 71.7 Å². The van der Waals surface area contributed by atoms with Gasteiger partial charge in [-0.2, -0.15) is 0 Å². The molecule has 0 amide bonds. The summed E-state index contributed by atoms with van der Waals surface area (Å²) >= 11 is 11.5. The number of benzene rings is 1. The minimum absolute atomic E-state index is 0.0292. The SMILES string of the molecule is Cc1c(F)c(C(=O)O)cc(F)c1-c1nc2cc(Cl)ccn2c1CC(=O)CCl. The molecule has 9 heteroatoms. The van der Waals surface area contributed by atoms with E-state index in [9.17, 15) is 18.4 Å². The first kappa shape index (κ1) is 19.3. The number of rotatable bonds is 5. The van der Waals surface area contributed by atoms with Gasteiger partial charge in [0, 0.05) is 22.8 Å². The number of imidazole rings is 1. The molecule has 0 spiro atoms. The van der Waals surface area contributed by atoms with E-state index in [0.717, 1.165) is 0 Å². The third-order valence-corrected chi connectivity index (χ3v) is 4.65. The summed E-state index contributed by atoms with van der Waals surface area (Å²) in [5.74, 6) is -4.20. The van der Waals surface area contributed by atoms with Crippen LogP contribution in [-0.4, -0.2) is 32.1 Å². The minimum atomic E-state index is -1.58. The smallest absolute Gasteiger partial charge is 0.338 e. The Hall–Kier alpha value is -2.51. The number of nitrogens with zero attached hydrogens (tertiary/aromatic N) is 2. The molecule has 5 nitrogen and oxygen atoms in total. The van der Waals surface area contributed by atoms with Gasteiger partial charge in [0.2, 0.25) is 0 Å². The molecule has 0 bridgehead atoms. The summed E-state index contributed by atoms with van der Waals surface area (Å²) < 4.78 is 30.7. The number of Topliss-reactive ketones (excluding diaryl/α,β-unsaturated/α-hetero) is 1. The molecule has 0 radical (unpaired) electrons. The molecular formula is C18H12Cl2F2N2O3. The van der Waals surface area contributed by atoms with Crippen molar-refractivity contribution >= 4 is 40.6 Å².